The molecule has 0 spiro atoms. The van der Waals surface area contributed by atoms with E-state index >= 15 is 0 Å². The molecular formula is C16H16BrNO5S. The fourth-order valence-corrected chi connectivity index (χ4v) is 3.58. The maximum atomic E-state index is 12.7. The number of hydrogen-bond donors (Lipinski definition) is 1. The Balaban J connectivity index is 2.43. The monoisotopic (exact) mass is 413 g/mol. The number of para-hydroxylation sites is 2. The molecule has 0 radical (unpaired) electrons. The molecule has 0 fully saturated rings. The van der Waals surface area contributed by atoms with Gasteiger partial charge in [-0.1, -0.05) is 28.1 Å². The molecule has 0 aromatic heterocycles. The number of anilines is 1. The van der Waals surface area contributed by atoms with Crippen LogP contribution in [-0.2, 0) is 14.9 Å². The van der Waals surface area contributed by atoms with Gasteiger partial charge in [-0.15, -0.1) is 0 Å². The molecule has 0 aliphatic heterocycles. The molecule has 8 heteroatoms. The Morgan fingerprint density at radius 1 is 1.17 bits per heavy atom. The van der Waals surface area contributed by atoms with Crippen LogP contribution in [0.2, 0.25) is 0 Å². The highest BCUT2D eigenvalue weighted by molar-refractivity contribution is 9.10. The summed E-state index contributed by atoms with van der Waals surface area (Å²) in [6.45, 7) is 3.39. The Hall–Kier alpha value is -2.06. The molecule has 2 rings (SSSR count). The van der Waals surface area contributed by atoms with E-state index in [0.717, 1.165) is 0 Å². The van der Waals surface area contributed by atoms with Gasteiger partial charge in [0, 0.05) is 11.4 Å². The fourth-order valence-electron chi connectivity index (χ4n) is 1.95. The van der Waals surface area contributed by atoms with E-state index in [1.807, 2.05) is 0 Å². The predicted molar refractivity (Wildman–Crippen MR) is 93.9 cm³/mol. The van der Waals surface area contributed by atoms with Crippen LogP contribution in [0.3, 0.4) is 0 Å². The van der Waals surface area contributed by atoms with Gasteiger partial charge in [0.2, 0.25) is 5.91 Å². The molecule has 0 heterocycles. The van der Waals surface area contributed by atoms with Crippen molar-refractivity contribution in [1.82, 2.24) is 0 Å². The maximum absolute atomic E-state index is 12.7. The second-order valence-electron chi connectivity index (χ2n) is 4.74. The van der Waals surface area contributed by atoms with E-state index in [1.165, 1.54) is 19.1 Å². The summed E-state index contributed by atoms with van der Waals surface area (Å²) in [4.78, 5) is 11.1. The number of hydrogen-bond acceptors (Lipinski definition) is 5. The minimum absolute atomic E-state index is 0.0233. The van der Waals surface area contributed by atoms with Crippen LogP contribution in [0.5, 0.6) is 11.5 Å². The highest BCUT2D eigenvalue weighted by Gasteiger charge is 2.24. The van der Waals surface area contributed by atoms with Crippen LogP contribution in [-0.4, -0.2) is 20.9 Å². The highest BCUT2D eigenvalue weighted by atomic mass is 79.9. The number of nitrogens with one attached hydrogen (secondary N) is 1. The lowest BCUT2D eigenvalue weighted by Crippen LogP contribution is -2.14. The zero-order valence-electron chi connectivity index (χ0n) is 13.1. The summed E-state index contributed by atoms with van der Waals surface area (Å²) in [5, 5.41) is 2.53. The molecule has 1 N–H and O–H groups in total. The van der Waals surface area contributed by atoms with Crippen molar-refractivity contribution in [2.24, 2.45) is 0 Å². The van der Waals surface area contributed by atoms with E-state index in [2.05, 4.69) is 21.2 Å². The lowest BCUT2D eigenvalue weighted by molar-refractivity contribution is -0.114. The molecule has 2 aromatic rings. The van der Waals surface area contributed by atoms with Crippen molar-refractivity contribution in [2.75, 3.05) is 11.9 Å². The first-order valence-electron chi connectivity index (χ1n) is 7.07. The molecule has 0 unspecified atom stereocenters. The maximum Gasteiger partial charge on any atom is 0.343 e. The molecule has 2 aromatic carbocycles. The van der Waals surface area contributed by atoms with Gasteiger partial charge in [0.25, 0.3) is 0 Å². The van der Waals surface area contributed by atoms with E-state index in [1.54, 1.807) is 37.3 Å². The van der Waals surface area contributed by atoms with Gasteiger partial charge >= 0.3 is 10.1 Å². The molecule has 0 aliphatic carbocycles. The third kappa shape index (κ3) is 4.48. The van der Waals surface area contributed by atoms with E-state index in [-0.39, 0.29) is 28.0 Å². The zero-order valence-corrected chi connectivity index (χ0v) is 15.5. The Morgan fingerprint density at radius 3 is 2.54 bits per heavy atom. The second-order valence-corrected chi connectivity index (χ2v) is 7.17. The van der Waals surface area contributed by atoms with Crippen LogP contribution in [0.15, 0.2) is 51.8 Å². The van der Waals surface area contributed by atoms with Gasteiger partial charge < -0.3 is 14.2 Å². The third-order valence-corrected chi connectivity index (χ3v) is 4.62. The molecule has 24 heavy (non-hydrogen) atoms. The van der Waals surface area contributed by atoms with Crippen molar-refractivity contribution in [1.29, 1.82) is 0 Å². The van der Waals surface area contributed by atoms with Crippen LogP contribution in [0.1, 0.15) is 13.8 Å². The summed E-state index contributed by atoms with van der Waals surface area (Å²) in [6, 6.07) is 10.9. The largest absolute Gasteiger partial charge is 0.492 e. The van der Waals surface area contributed by atoms with Crippen molar-refractivity contribution >= 4 is 37.6 Å². The number of carbonyl (C=O) groups is 1. The molecule has 0 aliphatic rings. The lowest BCUT2D eigenvalue weighted by Gasteiger charge is -2.14. The summed E-state index contributed by atoms with van der Waals surface area (Å²) >= 11 is 3.24. The molecule has 6 nitrogen and oxygen atoms in total. The van der Waals surface area contributed by atoms with Crippen molar-refractivity contribution in [2.45, 2.75) is 18.7 Å². The van der Waals surface area contributed by atoms with Crippen LogP contribution in [0.25, 0.3) is 0 Å². The van der Waals surface area contributed by atoms with Crippen LogP contribution in [0, 0.1) is 0 Å². The first-order valence-corrected chi connectivity index (χ1v) is 9.27. The average molecular weight is 414 g/mol. The van der Waals surface area contributed by atoms with Gasteiger partial charge in [0.15, 0.2) is 5.75 Å². The second kappa shape index (κ2) is 7.67. The van der Waals surface area contributed by atoms with Crippen LogP contribution < -0.4 is 14.2 Å². The number of halogens is 1. The van der Waals surface area contributed by atoms with Gasteiger partial charge in [-0.05, 0) is 37.3 Å². The number of carbonyl (C=O) groups excluding carboxylic acids is 1. The van der Waals surface area contributed by atoms with Crippen molar-refractivity contribution in [3.63, 3.8) is 0 Å². The SMILES string of the molecule is CCOc1ccc(Br)cc1S(=O)(=O)Oc1ccccc1NC(C)=O. The molecular weight excluding hydrogens is 398 g/mol. The highest BCUT2D eigenvalue weighted by Crippen LogP contribution is 2.32. The average Bonchev–Trinajstić information content (AvgIpc) is 2.50. The van der Waals surface area contributed by atoms with Gasteiger partial charge in [-0.3, -0.25) is 4.79 Å². The molecule has 128 valence electrons. The number of amides is 1. The van der Waals surface area contributed by atoms with E-state index in [9.17, 15) is 13.2 Å². The number of benzene rings is 2. The van der Waals surface area contributed by atoms with Gasteiger partial charge in [0.05, 0.1) is 12.3 Å². The normalized spacial score (nSPS) is 11.0. The Kier molecular flexibility index (Phi) is 5.84. The number of ether oxygens (including phenoxy) is 1. The molecule has 1 amide bonds. The van der Waals surface area contributed by atoms with E-state index in [4.69, 9.17) is 8.92 Å². The Labute approximate surface area is 149 Å². The smallest absolute Gasteiger partial charge is 0.343 e. The number of rotatable bonds is 6. The summed E-state index contributed by atoms with van der Waals surface area (Å²) in [5.74, 6) is -0.117. The van der Waals surface area contributed by atoms with Gasteiger partial charge in [-0.2, -0.15) is 8.42 Å². The first kappa shape index (κ1) is 18.3. The van der Waals surface area contributed by atoms with E-state index < -0.39 is 10.1 Å². The standard InChI is InChI=1S/C16H16BrNO5S/c1-3-22-15-9-8-12(17)10-16(15)24(20,21)23-14-7-5-4-6-13(14)18-11(2)19/h4-10H,3H2,1-2H3,(H,18,19). The lowest BCUT2D eigenvalue weighted by atomic mass is 10.3. The van der Waals surface area contributed by atoms with Crippen LogP contribution >= 0.6 is 15.9 Å². The fraction of sp³-hybridized carbons (Fsp3) is 0.188. The minimum Gasteiger partial charge on any atom is -0.492 e. The first-order chi connectivity index (χ1) is 11.3. The zero-order chi connectivity index (χ0) is 17.7. The van der Waals surface area contributed by atoms with Crippen molar-refractivity contribution in [3.8, 4) is 11.5 Å². The van der Waals surface area contributed by atoms with Crippen molar-refractivity contribution in [3.05, 3.63) is 46.9 Å². The Bertz CT molecular complexity index is 851. The summed E-state index contributed by atoms with van der Waals surface area (Å²) in [7, 11) is -4.15. The van der Waals surface area contributed by atoms with Crippen LogP contribution in [0.4, 0.5) is 5.69 Å². The molecule has 0 saturated carbocycles. The topological polar surface area (TPSA) is 81.7 Å². The molecule has 0 atom stereocenters. The summed E-state index contributed by atoms with van der Waals surface area (Å²) < 4.78 is 36.5. The Morgan fingerprint density at radius 2 is 1.88 bits per heavy atom. The third-order valence-electron chi connectivity index (χ3n) is 2.87. The van der Waals surface area contributed by atoms with E-state index in [0.29, 0.717) is 11.1 Å². The molecule has 0 saturated heterocycles. The minimum atomic E-state index is -4.15. The summed E-state index contributed by atoms with van der Waals surface area (Å²) in [5.41, 5.74) is 0.265. The predicted octanol–water partition coefficient (Wildman–Crippen LogP) is 3.57. The van der Waals surface area contributed by atoms with Gasteiger partial charge in [0.1, 0.15) is 10.6 Å². The summed E-state index contributed by atoms with van der Waals surface area (Å²) in [6.07, 6.45) is 0. The van der Waals surface area contributed by atoms with Gasteiger partial charge in [-0.25, -0.2) is 0 Å². The quantitative estimate of drug-likeness (QED) is 0.731. The molecule has 0 bridgehead atoms. The van der Waals surface area contributed by atoms with Crippen molar-refractivity contribution < 1.29 is 22.1 Å².